The zero-order valence-corrected chi connectivity index (χ0v) is 10.2. The smallest absolute Gasteiger partial charge is 0.0846 e. The van der Waals surface area contributed by atoms with Gasteiger partial charge < -0.3 is 9.84 Å². The van der Waals surface area contributed by atoms with Crippen molar-refractivity contribution < 1.29 is 9.84 Å². The molecule has 1 fully saturated rings. The second kappa shape index (κ2) is 4.56. The largest absolute Gasteiger partial charge is 0.388 e. The molecule has 0 amide bonds. The van der Waals surface area contributed by atoms with Crippen molar-refractivity contribution in [3.63, 3.8) is 0 Å². The maximum atomic E-state index is 10.4. The molecule has 1 heterocycles. The molecule has 2 nitrogen and oxygen atoms in total. The van der Waals surface area contributed by atoms with Crippen molar-refractivity contribution in [3.05, 3.63) is 34.9 Å². The van der Waals surface area contributed by atoms with Gasteiger partial charge in [0, 0.05) is 12.5 Å². The molecule has 1 aliphatic rings. The molecule has 0 aromatic heterocycles. The van der Waals surface area contributed by atoms with Crippen molar-refractivity contribution in [1.29, 1.82) is 0 Å². The van der Waals surface area contributed by atoms with Gasteiger partial charge in [0.1, 0.15) is 0 Å². The molecule has 2 heteroatoms. The molecule has 3 unspecified atom stereocenters. The molecule has 3 atom stereocenters. The van der Waals surface area contributed by atoms with Crippen LogP contribution in [0.3, 0.4) is 0 Å². The highest BCUT2D eigenvalue weighted by Crippen LogP contribution is 2.34. The van der Waals surface area contributed by atoms with Gasteiger partial charge in [-0.2, -0.15) is 0 Å². The van der Waals surface area contributed by atoms with Gasteiger partial charge in [0.05, 0.1) is 12.2 Å². The molecule has 1 saturated heterocycles. The number of aliphatic hydroxyl groups is 1. The first-order valence-electron chi connectivity index (χ1n) is 5.96. The quantitative estimate of drug-likeness (QED) is 0.830. The van der Waals surface area contributed by atoms with Gasteiger partial charge in [0.2, 0.25) is 0 Å². The van der Waals surface area contributed by atoms with Gasteiger partial charge in [-0.3, -0.25) is 0 Å². The first kappa shape index (κ1) is 11.6. The predicted molar refractivity (Wildman–Crippen MR) is 64.4 cm³/mol. The first-order chi connectivity index (χ1) is 7.59. The summed E-state index contributed by atoms with van der Waals surface area (Å²) in [5.74, 6) is 0.237. The van der Waals surface area contributed by atoms with Crippen LogP contribution in [0, 0.1) is 19.8 Å². The van der Waals surface area contributed by atoms with Gasteiger partial charge in [-0.25, -0.2) is 0 Å². The molecule has 0 radical (unpaired) electrons. The maximum absolute atomic E-state index is 10.4. The lowest BCUT2D eigenvalue weighted by molar-refractivity contribution is 0.0428. The number of benzene rings is 1. The van der Waals surface area contributed by atoms with Crippen LogP contribution in [-0.2, 0) is 4.74 Å². The Labute approximate surface area is 97.3 Å². The fourth-order valence-corrected chi connectivity index (χ4v) is 2.47. The summed E-state index contributed by atoms with van der Waals surface area (Å²) < 4.78 is 5.52. The zero-order chi connectivity index (χ0) is 11.7. The van der Waals surface area contributed by atoms with Crippen LogP contribution in [0.25, 0.3) is 0 Å². The van der Waals surface area contributed by atoms with Gasteiger partial charge in [0.15, 0.2) is 0 Å². The lowest BCUT2D eigenvalue weighted by Crippen LogP contribution is -2.20. The summed E-state index contributed by atoms with van der Waals surface area (Å²) in [6.07, 6.45) is 0.725. The van der Waals surface area contributed by atoms with E-state index >= 15 is 0 Å². The molecule has 16 heavy (non-hydrogen) atoms. The van der Waals surface area contributed by atoms with E-state index in [9.17, 15) is 5.11 Å². The monoisotopic (exact) mass is 220 g/mol. The topological polar surface area (TPSA) is 29.5 Å². The number of ether oxygens (including phenoxy) is 1. The number of aliphatic hydroxyl groups excluding tert-OH is 1. The highest BCUT2D eigenvalue weighted by molar-refractivity contribution is 5.32. The molecule has 1 aromatic rings. The molecule has 2 rings (SSSR count). The predicted octanol–water partition coefficient (Wildman–Crippen LogP) is 2.76. The van der Waals surface area contributed by atoms with E-state index in [4.69, 9.17) is 4.74 Å². The minimum Gasteiger partial charge on any atom is -0.388 e. The summed E-state index contributed by atoms with van der Waals surface area (Å²) in [7, 11) is 0. The average molecular weight is 220 g/mol. The molecular formula is C14H20O2. The Hall–Kier alpha value is -0.860. The molecule has 1 aliphatic heterocycles. The fraction of sp³-hybridized carbons (Fsp3) is 0.571. The summed E-state index contributed by atoms with van der Waals surface area (Å²) in [5.41, 5.74) is 3.42. The van der Waals surface area contributed by atoms with Crippen molar-refractivity contribution in [3.8, 4) is 0 Å². The number of hydrogen-bond acceptors (Lipinski definition) is 2. The molecular weight excluding hydrogens is 200 g/mol. The Morgan fingerprint density at radius 2 is 2.12 bits per heavy atom. The van der Waals surface area contributed by atoms with Crippen LogP contribution in [0.1, 0.15) is 36.1 Å². The van der Waals surface area contributed by atoms with Crippen molar-refractivity contribution in [2.75, 3.05) is 6.61 Å². The minimum atomic E-state index is -0.391. The number of aryl methyl sites for hydroxylation is 2. The Bertz CT molecular complexity index is 373. The first-order valence-corrected chi connectivity index (χ1v) is 5.96. The summed E-state index contributed by atoms with van der Waals surface area (Å²) in [5, 5.41) is 10.4. The molecule has 1 N–H and O–H groups in total. The third kappa shape index (κ3) is 2.13. The second-order valence-electron chi connectivity index (χ2n) is 4.83. The molecule has 88 valence electrons. The molecule has 1 aromatic carbocycles. The SMILES string of the molecule is Cc1ccc(C)c(C(O)C2CCOC2C)c1. The van der Waals surface area contributed by atoms with Crippen LogP contribution in [0.2, 0.25) is 0 Å². The fourth-order valence-electron chi connectivity index (χ4n) is 2.47. The van der Waals surface area contributed by atoms with Crippen LogP contribution >= 0.6 is 0 Å². The van der Waals surface area contributed by atoms with Gasteiger partial charge in [-0.15, -0.1) is 0 Å². The lowest BCUT2D eigenvalue weighted by atomic mass is 9.88. The second-order valence-corrected chi connectivity index (χ2v) is 4.83. The third-order valence-corrected chi connectivity index (χ3v) is 3.59. The van der Waals surface area contributed by atoms with Gasteiger partial charge in [-0.05, 0) is 38.3 Å². The molecule has 0 aliphatic carbocycles. The van der Waals surface area contributed by atoms with E-state index < -0.39 is 6.10 Å². The summed E-state index contributed by atoms with van der Waals surface area (Å²) in [6.45, 7) is 6.93. The zero-order valence-electron chi connectivity index (χ0n) is 10.2. The standard InChI is InChI=1S/C14H20O2/c1-9-4-5-10(2)13(8-9)14(15)12-6-7-16-11(12)3/h4-5,8,11-12,14-15H,6-7H2,1-3H3. The van der Waals surface area contributed by atoms with Crippen molar-refractivity contribution in [2.24, 2.45) is 5.92 Å². The summed E-state index contributed by atoms with van der Waals surface area (Å²) >= 11 is 0. The van der Waals surface area contributed by atoms with E-state index in [2.05, 4.69) is 32.0 Å². The molecule has 0 spiro atoms. The minimum absolute atomic E-state index is 0.162. The summed E-state index contributed by atoms with van der Waals surface area (Å²) in [6, 6.07) is 6.25. The van der Waals surface area contributed by atoms with E-state index in [0.717, 1.165) is 24.2 Å². The Morgan fingerprint density at radius 1 is 1.38 bits per heavy atom. The summed E-state index contributed by atoms with van der Waals surface area (Å²) in [4.78, 5) is 0. The van der Waals surface area contributed by atoms with E-state index in [1.165, 1.54) is 5.56 Å². The van der Waals surface area contributed by atoms with Crippen LogP contribution in [0.4, 0.5) is 0 Å². The normalized spacial score (nSPS) is 27.0. The number of hydrogen-bond donors (Lipinski definition) is 1. The molecule has 0 bridgehead atoms. The Balaban J connectivity index is 2.25. The van der Waals surface area contributed by atoms with E-state index in [-0.39, 0.29) is 12.0 Å². The Kier molecular flexibility index (Phi) is 3.31. The third-order valence-electron chi connectivity index (χ3n) is 3.59. The average Bonchev–Trinajstić information content (AvgIpc) is 2.67. The van der Waals surface area contributed by atoms with Crippen molar-refractivity contribution in [1.82, 2.24) is 0 Å². The lowest BCUT2D eigenvalue weighted by Gasteiger charge is -2.23. The van der Waals surface area contributed by atoms with Crippen LogP contribution in [0.15, 0.2) is 18.2 Å². The van der Waals surface area contributed by atoms with Crippen LogP contribution in [-0.4, -0.2) is 17.8 Å². The van der Waals surface area contributed by atoms with Gasteiger partial charge in [-0.1, -0.05) is 23.8 Å². The van der Waals surface area contributed by atoms with Crippen molar-refractivity contribution >= 4 is 0 Å². The van der Waals surface area contributed by atoms with E-state index in [1.807, 2.05) is 6.92 Å². The highest BCUT2D eigenvalue weighted by Gasteiger charge is 2.32. The number of rotatable bonds is 2. The van der Waals surface area contributed by atoms with E-state index in [0.29, 0.717) is 0 Å². The maximum Gasteiger partial charge on any atom is 0.0846 e. The van der Waals surface area contributed by atoms with E-state index in [1.54, 1.807) is 0 Å². The van der Waals surface area contributed by atoms with Gasteiger partial charge >= 0.3 is 0 Å². The Morgan fingerprint density at radius 3 is 2.75 bits per heavy atom. The van der Waals surface area contributed by atoms with Gasteiger partial charge in [0.25, 0.3) is 0 Å². The van der Waals surface area contributed by atoms with Crippen LogP contribution in [0.5, 0.6) is 0 Å². The van der Waals surface area contributed by atoms with Crippen LogP contribution < -0.4 is 0 Å². The highest BCUT2D eigenvalue weighted by atomic mass is 16.5. The molecule has 0 saturated carbocycles. The van der Waals surface area contributed by atoms with Crippen molar-refractivity contribution in [2.45, 2.75) is 39.4 Å².